The first-order valence-electron chi connectivity index (χ1n) is 7.04. The van der Waals surface area contributed by atoms with Crippen LogP contribution in [0.5, 0.6) is 0 Å². The average Bonchev–Trinajstić information content (AvgIpc) is 2.85. The topological polar surface area (TPSA) is 91.6 Å². The number of carboxylic acid groups (broad SMARTS) is 1. The minimum atomic E-state index is -3.74. The molecule has 1 aromatic heterocycles. The number of carbonyl (C=O) groups is 1. The molecule has 2 rings (SSSR count). The summed E-state index contributed by atoms with van der Waals surface area (Å²) in [6, 6.07) is 1.07. The van der Waals surface area contributed by atoms with E-state index in [1.807, 2.05) is 0 Å². The van der Waals surface area contributed by atoms with E-state index < -0.39 is 16.0 Å². The van der Waals surface area contributed by atoms with Crippen LogP contribution in [-0.2, 0) is 10.0 Å². The highest BCUT2D eigenvalue weighted by Gasteiger charge is 2.24. The summed E-state index contributed by atoms with van der Waals surface area (Å²) in [7, 11) is -3.74. The van der Waals surface area contributed by atoms with Gasteiger partial charge in [-0.05, 0) is 32.8 Å². The molecule has 1 fully saturated rings. The molecule has 2 N–H and O–H groups in total. The predicted octanol–water partition coefficient (Wildman–Crippen LogP) is 1.45. The molecule has 0 amide bonds. The van der Waals surface area contributed by atoms with E-state index in [-0.39, 0.29) is 16.6 Å². The summed E-state index contributed by atoms with van der Waals surface area (Å²) in [5.74, 6) is -1.14. The van der Waals surface area contributed by atoms with Crippen molar-refractivity contribution in [1.29, 1.82) is 0 Å². The van der Waals surface area contributed by atoms with E-state index in [2.05, 4.69) is 4.83 Å². The van der Waals surface area contributed by atoms with Crippen molar-refractivity contribution >= 4 is 16.0 Å². The SMILES string of the molecule is CC(C)n1cc(S(=O)(=O)NN2CCCCC2)cc1C(=O)O. The number of hydrazine groups is 1. The van der Waals surface area contributed by atoms with Gasteiger partial charge in [-0.2, -0.15) is 0 Å². The highest BCUT2D eigenvalue weighted by molar-refractivity contribution is 7.89. The Kier molecular flexibility index (Phi) is 4.70. The van der Waals surface area contributed by atoms with Gasteiger partial charge in [0.25, 0.3) is 10.0 Å². The molecule has 1 aliphatic rings. The molecule has 8 heteroatoms. The van der Waals surface area contributed by atoms with Gasteiger partial charge in [0.15, 0.2) is 0 Å². The van der Waals surface area contributed by atoms with Gasteiger partial charge in [-0.1, -0.05) is 6.42 Å². The van der Waals surface area contributed by atoms with E-state index in [1.54, 1.807) is 18.9 Å². The lowest BCUT2D eigenvalue weighted by molar-refractivity contribution is 0.0683. The summed E-state index contributed by atoms with van der Waals surface area (Å²) in [6.45, 7) is 4.97. The summed E-state index contributed by atoms with van der Waals surface area (Å²) < 4.78 is 26.2. The second kappa shape index (κ2) is 6.17. The van der Waals surface area contributed by atoms with Crippen LogP contribution < -0.4 is 4.83 Å². The number of rotatable bonds is 5. The molecule has 1 aromatic rings. The lowest BCUT2D eigenvalue weighted by Gasteiger charge is -2.26. The number of carboxylic acids is 1. The molecule has 118 valence electrons. The zero-order chi connectivity index (χ0) is 15.6. The van der Waals surface area contributed by atoms with Gasteiger partial charge in [-0.3, -0.25) is 0 Å². The van der Waals surface area contributed by atoms with Crippen molar-refractivity contribution in [2.75, 3.05) is 13.1 Å². The predicted molar refractivity (Wildman–Crippen MR) is 77.5 cm³/mol. The van der Waals surface area contributed by atoms with Crippen LogP contribution in [0.3, 0.4) is 0 Å². The maximum atomic E-state index is 12.4. The Bertz CT molecular complexity index is 615. The van der Waals surface area contributed by atoms with Crippen molar-refractivity contribution in [1.82, 2.24) is 14.4 Å². The number of nitrogens with one attached hydrogen (secondary N) is 1. The lowest BCUT2D eigenvalue weighted by Crippen LogP contribution is -2.44. The smallest absolute Gasteiger partial charge is 0.352 e. The van der Waals surface area contributed by atoms with Crippen LogP contribution in [0.2, 0.25) is 0 Å². The third-order valence-electron chi connectivity index (χ3n) is 3.51. The van der Waals surface area contributed by atoms with Gasteiger partial charge in [-0.25, -0.2) is 18.2 Å². The van der Waals surface area contributed by atoms with E-state index in [9.17, 15) is 13.2 Å². The van der Waals surface area contributed by atoms with E-state index in [0.29, 0.717) is 13.1 Å². The number of sulfonamides is 1. The van der Waals surface area contributed by atoms with Gasteiger partial charge in [0.05, 0.1) is 0 Å². The number of aromatic carboxylic acids is 1. The molecular weight excluding hydrogens is 294 g/mol. The molecule has 7 nitrogen and oxygen atoms in total. The van der Waals surface area contributed by atoms with Crippen molar-refractivity contribution in [3.8, 4) is 0 Å². The molecule has 21 heavy (non-hydrogen) atoms. The Labute approximate surface area is 124 Å². The molecule has 2 heterocycles. The third-order valence-corrected chi connectivity index (χ3v) is 4.86. The number of piperidine rings is 1. The van der Waals surface area contributed by atoms with Crippen LogP contribution in [0.25, 0.3) is 0 Å². The summed E-state index contributed by atoms with van der Waals surface area (Å²) in [5, 5.41) is 10.8. The van der Waals surface area contributed by atoms with E-state index in [0.717, 1.165) is 19.3 Å². The number of hydrogen-bond donors (Lipinski definition) is 2. The molecule has 0 unspecified atom stereocenters. The first kappa shape index (κ1) is 16.0. The van der Waals surface area contributed by atoms with Crippen molar-refractivity contribution in [3.63, 3.8) is 0 Å². The van der Waals surface area contributed by atoms with Crippen LogP contribution in [0.15, 0.2) is 17.2 Å². The number of aromatic nitrogens is 1. The monoisotopic (exact) mass is 315 g/mol. The molecule has 0 bridgehead atoms. The van der Waals surface area contributed by atoms with Gasteiger partial charge in [-0.15, -0.1) is 4.83 Å². The van der Waals surface area contributed by atoms with Crippen LogP contribution >= 0.6 is 0 Å². The van der Waals surface area contributed by atoms with E-state index >= 15 is 0 Å². The Hall–Kier alpha value is -1.38. The van der Waals surface area contributed by atoms with Crippen molar-refractivity contribution in [2.24, 2.45) is 0 Å². The zero-order valence-electron chi connectivity index (χ0n) is 12.2. The largest absolute Gasteiger partial charge is 0.477 e. The lowest BCUT2D eigenvalue weighted by atomic mass is 10.2. The second-order valence-corrected chi connectivity index (χ2v) is 7.17. The Balaban J connectivity index is 2.27. The molecule has 0 aromatic carbocycles. The molecule has 0 saturated carbocycles. The third kappa shape index (κ3) is 3.63. The van der Waals surface area contributed by atoms with Gasteiger partial charge in [0, 0.05) is 25.3 Å². The van der Waals surface area contributed by atoms with Crippen LogP contribution in [-0.4, -0.2) is 42.2 Å². The fourth-order valence-electron chi connectivity index (χ4n) is 2.41. The van der Waals surface area contributed by atoms with Crippen LogP contribution in [0.1, 0.15) is 49.6 Å². The maximum Gasteiger partial charge on any atom is 0.352 e. The summed E-state index contributed by atoms with van der Waals surface area (Å²) in [4.78, 5) is 13.7. The zero-order valence-corrected chi connectivity index (χ0v) is 13.1. The van der Waals surface area contributed by atoms with E-state index in [1.165, 1.54) is 16.8 Å². The van der Waals surface area contributed by atoms with Gasteiger partial charge in [0.1, 0.15) is 10.6 Å². The summed E-state index contributed by atoms with van der Waals surface area (Å²) in [6.07, 6.45) is 4.39. The Morgan fingerprint density at radius 2 is 1.90 bits per heavy atom. The molecule has 1 saturated heterocycles. The first-order chi connectivity index (χ1) is 9.81. The van der Waals surface area contributed by atoms with E-state index in [4.69, 9.17) is 5.11 Å². The van der Waals surface area contributed by atoms with Crippen molar-refractivity contribution in [2.45, 2.75) is 44.0 Å². The molecular formula is C13H21N3O4S. The Morgan fingerprint density at radius 1 is 1.29 bits per heavy atom. The highest BCUT2D eigenvalue weighted by atomic mass is 32.2. The molecule has 0 radical (unpaired) electrons. The normalized spacial score (nSPS) is 17.3. The molecule has 0 atom stereocenters. The quantitative estimate of drug-likeness (QED) is 0.858. The molecule has 0 spiro atoms. The second-order valence-electron chi connectivity index (χ2n) is 5.51. The van der Waals surface area contributed by atoms with Gasteiger partial charge in [0.2, 0.25) is 0 Å². The Morgan fingerprint density at radius 3 is 2.38 bits per heavy atom. The maximum absolute atomic E-state index is 12.4. The standard InChI is InChI=1S/C13H21N3O4S/c1-10(2)16-9-11(8-12(16)13(17)18)21(19,20)14-15-6-4-3-5-7-15/h8-10,14H,3-7H2,1-2H3,(H,17,18). The van der Waals surface area contributed by atoms with Crippen LogP contribution in [0.4, 0.5) is 0 Å². The minimum absolute atomic E-state index is 0.0147. The van der Waals surface area contributed by atoms with Crippen molar-refractivity contribution < 1.29 is 18.3 Å². The molecule has 1 aliphatic heterocycles. The average molecular weight is 315 g/mol. The van der Waals surface area contributed by atoms with Crippen molar-refractivity contribution in [3.05, 3.63) is 18.0 Å². The fraction of sp³-hybridized carbons (Fsp3) is 0.615. The summed E-state index contributed by atoms with van der Waals surface area (Å²) >= 11 is 0. The van der Waals surface area contributed by atoms with Gasteiger partial charge < -0.3 is 9.67 Å². The minimum Gasteiger partial charge on any atom is -0.477 e. The summed E-state index contributed by atoms with van der Waals surface area (Å²) in [5.41, 5.74) is -0.0241. The van der Waals surface area contributed by atoms with Gasteiger partial charge >= 0.3 is 5.97 Å². The fourth-order valence-corrected chi connectivity index (χ4v) is 3.55. The number of nitrogens with zero attached hydrogens (tertiary/aromatic N) is 2. The molecule has 0 aliphatic carbocycles. The first-order valence-corrected chi connectivity index (χ1v) is 8.52. The van der Waals surface area contributed by atoms with Crippen LogP contribution in [0, 0.1) is 0 Å². The number of hydrogen-bond acceptors (Lipinski definition) is 4. The highest BCUT2D eigenvalue weighted by Crippen LogP contribution is 2.19.